The molecule has 0 unspecified atom stereocenters. The molecule has 2 aromatic rings. The number of thiophene rings is 1. The highest BCUT2D eigenvalue weighted by molar-refractivity contribution is 7.08. The Hall–Kier alpha value is -1.85. The van der Waals surface area contributed by atoms with Crippen molar-refractivity contribution in [2.75, 3.05) is 11.9 Å². The molecule has 0 spiro atoms. The summed E-state index contributed by atoms with van der Waals surface area (Å²) in [7, 11) is 0. The first-order valence-corrected chi connectivity index (χ1v) is 7.75. The Morgan fingerprint density at radius 2 is 2.10 bits per heavy atom. The second-order valence-corrected chi connectivity index (χ2v) is 5.67. The third kappa shape index (κ3) is 4.31. The minimum absolute atomic E-state index is 0.161. The van der Waals surface area contributed by atoms with Crippen molar-refractivity contribution >= 4 is 40.4 Å². The fraction of sp³-hybridized carbons (Fsp3) is 0.200. The third-order valence-corrected chi connectivity index (χ3v) is 4.06. The van der Waals surface area contributed by atoms with Crippen molar-refractivity contribution in [3.05, 3.63) is 51.2 Å². The minimum Gasteiger partial charge on any atom is -0.351 e. The van der Waals surface area contributed by atoms with Gasteiger partial charge in [0, 0.05) is 34.6 Å². The molecule has 2 rings (SSSR count). The molecular formula is C15H15ClN2O2S. The van der Waals surface area contributed by atoms with Crippen molar-refractivity contribution < 1.29 is 9.59 Å². The van der Waals surface area contributed by atoms with Gasteiger partial charge >= 0.3 is 0 Å². The van der Waals surface area contributed by atoms with Gasteiger partial charge in [-0.25, -0.2) is 0 Å². The van der Waals surface area contributed by atoms with E-state index in [0.29, 0.717) is 22.8 Å². The Morgan fingerprint density at radius 1 is 1.29 bits per heavy atom. The van der Waals surface area contributed by atoms with E-state index >= 15 is 0 Å². The predicted octanol–water partition coefficient (Wildman–Crippen LogP) is 3.47. The first-order valence-electron chi connectivity index (χ1n) is 6.43. The van der Waals surface area contributed by atoms with Crippen LogP contribution in [0.1, 0.15) is 22.3 Å². The fourth-order valence-corrected chi connectivity index (χ4v) is 2.55. The van der Waals surface area contributed by atoms with Gasteiger partial charge in [0.2, 0.25) is 5.91 Å². The zero-order valence-electron chi connectivity index (χ0n) is 11.5. The number of hydrogen-bond acceptors (Lipinski definition) is 3. The predicted molar refractivity (Wildman–Crippen MR) is 86.1 cm³/mol. The highest BCUT2D eigenvalue weighted by Gasteiger charge is 2.08. The quantitative estimate of drug-likeness (QED) is 0.885. The summed E-state index contributed by atoms with van der Waals surface area (Å²) in [6.07, 6.45) is 0.210. The van der Waals surface area contributed by atoms with Crippen LogP contribution in [0.15, 0.2) is 35.0 Å². The van der Waals surface area contributed by atoms with E-state index in [1.54, 1.807) is 29.6 Å². The summed E-state index contributed by atoms with van der Waals surface area (Å²) in [4.78, 5) is 23.5. The second-order valence-electron chi connectivity index (χ2n) is 4.48. The van der Waals surface area contributed by atoms with E-state index in [-0.39, 0.29) is 18.2 Å². The Labute approximate surface area is 132 Å². The number of benzene rings is 1. The van der Waals surface area contributed by atoms with Crippen LogP contribution in [0.2, 0.25) is 5.02 Å². The van der Waals surface area contributed by atoms with Gasteiger partial charge in [-0.05, 0) is 36.1 Å². The lowest BCUT2D eigenvalue weighted by molar-refractivity contribution is -0.116. The van der Waals surface area contributed by atoms with Gasteiger partial charge in [0.05, 0.1) is 0 Å². The number of rotatable bonds is 5. The lowest BCUT2D eigenvalue weighted by atomic mass is 10.2. The molecule has 0 saturated heterocycles. The molecule has 0 radical (unpaired) electrons. The Balaban J connectivity index is 1.80. The molecule has 110 valence electrons. The number of anilines is 1. The van der Waals surface area contributed by atoms with Gasteiger partial charge in [0.1, 0.15) is 0 Å². The van der Waals surface area contributed by atoms with Gasteiger partial charge in [-0.1, -0.05) is 17.7 Å². The highest BCUT2D eigenvalue weighted by Crippen LogP contribution is 2.22. The summed E-state index contributed by atoms with van der Waals surface area (Å²) in [5.74, 6) is -0.325. The van der Waals surface area contributed by atoms with Crippen molar-refractivity contribution in [1.82, 2.24) is 5.32 Å². The number of carbonyl (C=O) groups is 2. The molecule has 1 aromatic carbocycles. The maximum Gasteiger partial charge on any atom is 0.252 e. The number of amides is 2. The van der Waals surface area contributed by atoms with Crippen molar-refractivity contribution in [3.63, 3.8) is 0 Å². The van der Waals surface area contributed by atoms with Crippen LogP contribution in [0.25, 0.3) is 0 Å². The molecular weight excluding hydrogens is 308 g/mol. The van der Waals surface area contributed by atoms with E-state index in [9.17, 15) is 9.59 Å². The van der Waals surface area contributed by atoms with E-state index in [4.69, 9.17) is 11.6 Å². The van der Waals surface area contributed by atoms with Crippen molar-refractivity contribution in [2.24, 2.45) is 0 Å². The van der Waals surface area contributed by atoms with E-state index in [1.807, 2.05) is 12.3 Å². The number of halogens is 1. The largest absolute Gasteiger partial charge is 0.351 e. The molecule has 0 aliphatic heterocycles. The molecule has 6 heteroatoms. The first-order chi connectivity index (χ1) is 10.1. The lowest BCUT2D eigenvalue weighted by Gasteiger charge is -2.09. The van der Waals surface area contributed by atoms with Crippen molar-refractivity contribution in [3.8, 4) is 0 Å². The number of nitrogens with one attached hydrogen (secondary N) is 2. The molecule has 0 aliphatic rings. The normalized spacial score (nSPS) is 10.2. The van der Waals surface area contributed by atoms with Gasteiger partial charge < -0.3 is 10.6 Å². The average Bonchev–Trinajstić information content (AvgIpc) is 2.98. The Bertz CT molecular complexity index is 641. The van der Waals surface area contributed by atoms with Crippen LogP contribution in [-0.2, 0) is 4.79 Å². The Kier molecular flexibility index (Phi) is 5.36. The van der Waals surface area contributed by atoms with E-state index in [0.717, 1.165) is 5.56 Å². The van der Waals surface area contributed by atoms with Crippen LogP contribution >= 0.6 is 22.9 Å². The van der Waals surface area contributed by atoms with Gasteiger partial charge in [0.15, 0.2) is 0 Å². The van der Waals surface area contributed by atoms with Crippen molar-refractivity contribution in [1.29, 1.82) is 0 Å². The van der Waals surface area contributed by atoms with Gasteiger partial charge in [-0.15, -0.1) is 0 Å². The third-order valence-electron chi connectivity index (χ3n) is 2.96. The van der Waals surface area contributed by atoms with E-state index in [1.165, 1.54) is 11.3 Å². The highest BCUT2D eigenvalue weighted by atomic mass is 35.5. The number of carbonyl (C=O) groups excluding carboxylic acids is 2. The summed E-state index contributed by atoms with van der Waals surface area (Å²) < 4.78 is 0. The van der Waals surface area contributed by atoms with Crippen LogP contribution in [0.3, 0.4) is 0 Å². The topological polar surface area (TPSA) is 58.2 Å². The first kappa shape index (κ1) is 15.5. The lowest BCUT2D eigenvalue weighted by Crippen LogP contribution is -2.27. The van der Waals surface area contributed by atoms with E-state index < -0.39 is 0 Å². The molecule has 0 fully saturated rings. The fourth-order valence-electron chi connectivity index (χ4n) is 1.74. The molecule has 0 atom stereocenters. The maximum absolute atomic E-state index is 11.8. The van der Waals surface area contributed by atoms with Crippen LogP contribution < -0.4 is 10.6 Å². The summed E-state index contributed by atoms with van der Waals surface area (Å²) in [5.41, 5.74) is 2.14. The molecule has 0 saturated carbocycles. The Morgan fingerprint density at radius 3 is 2.81 bits per heavy atom. The SMILES string of the molecule is Cc1c(Cl)cccc1NC(=O)CCNC(=O)c1ccsc1. The summed E-state index contributed by atoms with van der Waals surface area (Å²) in [6, 6.07) is 7.09. The molecule has 1 heterocycles. The zero-order chi connectivity index (χ0) is 15.2. The van der Waals surface area contributed by atoms with Gasteiger partial charge in [-0.3, -0.25) is 9.59 Å². The summed E-state index contributed by atoms with van der Waals surface area (Å²) in [6.45, 7) is 2.14. The van der Waals surface area contributed by atoms with Gasteiger partial charge in [-0.2, -0.15) is 11.3 Å². The second kappa shape index (κ2) is 7.24. The minimum atomic E-state index is -0.164. The maximum atomic E-state index is 11.8. The molecule has 1 aromatic heterocycles. The number of hydrogen-bond donors (Lipinski definition) is 2. The molecule has 0 aliphatic carbocycles. The van der Waals surface area contributed by atoms with Gasteiger partial charge in [0.25, 0.3) is 5.91 Å². The van der Waals surface area contributed by atoms with Crippen molar-refractivity contribution in [2.45, 2.75) is 13.3 Å². The van der Waals surface area contributed by atoms with Crippen LogP contribution in [0, 0.1) is 6.92 Å². The summed E-state index contributed by atoms with van der Waals surface area (Å²) >= 11 is 7.45. The van der Waals surface area contributed by atoms with Crippen LogP contribution in [0.5, 0.6) is 0 Å². The van der Waals surface area contributed by atoms with Crippen LogP contribution in [-0.4, -0.2) is 18.4 Å². The standard InChI is InChI=1S/C15H15ClN2O2S/c1-10-12(16)3-2-4-13(10)18-14(19)5-7-17-15(20)11-6-8-21-9-11/h2-4,6,8-9H,5,7H2,1H3,(H,17,20)(H,18,19). The monoisotopic (exact) mass is 322 g/mol. The van der Waals surface area contributed by atoms with Crippen LogP contribution in [0.4, 0.5) is 5.69 Å². The van der Waals surface area contributed by atoms with E-state index in [2.05, 4.69) is 10.6 Å². The summed E-state index contributed by atoms with van der Waals surface area (Å²) in [5, 5.41) is 9.71. The molecule has 0 bridgehead atoms. The smallest absolute Gasteiger partial charge is 0.252 e. The average molecular weight is 323 g/mol. The molecule has 4 nitrogen and oxygen atoms in total. The molecule has 21 heavy (non-hydrogen) atoms. The molecule has 2 amide bonds. The zero-order valence-corrected chi connectivity index (χ0v) is 13.1. The molecule has 2 N–H and O–H groups in total.